The SMILES string of the molecule is COc1ccc(Cn2c(=O)c(-c3nc4ccc(N5CCN(C)CC5)cc4[nH]3)c(N[C@H]3CCC[C@@H]3O)c3ccsc32)cc1. The number of fused-ring (bicyclic) bond motifs is 2. The maximum absolute atomic E-state index is 14.5. The van der Waals surface area contributed by atoms with Crippen molar-refractivity contribution in [2.45, 2.75) is 38.0 Å². The highest BCUT2D eigenvalue weighted by Gasteiger charge is 2.29. The number of hydrogen-bond donors (Lipinski definition) is 3. The molecule has 1 aliphatic heterocycles. The monoisotopic (exact) mass is 584 g/mol. The van der Waals surface area contributed by atoms with E-state index in [1.165, 1.54) is 0 Å². The molecule has 1 saturated heterocycles. The lowest BCUT2D eigenvalue weighted by molar-refractivity contribution is 0.172. The standard InChI is InChI=1S/C32H36N6O3S/c1-36-13-15-37(16-14-36)21-8-11-24-26(18-21)35-30(34-24)28-29(33-25-4-3-5-27(25)39)23-12-17-42-32(23)38(31(28)40)19-20-6-9-22(41-2)10-7-20/h6-12,17-18,25,27,33,39H,3-5,13-16,19H2,1-2H3,(H,34,35)/t25-,27-/m0/s1. The molecule has 0 amide bonds. The number of aromatic nitrogens is 3. The molecule has 9 nitrogen and oxygen atoms in total. The average molecular weight is 585 g/mol. The van der Waals surface area contributed by atoms with Gasteiger partial charge in [-0.2, -0.15) is 0 Å². The molecular weight excluding hydrogens is 548 g/mol. The van der Waals surface area contributed by atoms with Crippen molar-refractivity contribution in [3.63, 3.8) is 0 Å². The average Bonchev–Trinajstić information content (AvgIpc) is 3.75. The summed E-state index contributed by atoms with van der Waals surface area (Å²) in [6.45, 7) is 4.44. The van der Waals surface area contributed by atoms with Gasteiger partial charge >= 0.3 is 0 Å². The Morgan fingerprint density at radius 2 is 1.90 bits per heavy atom. The first kappa shape index (κ1) is 27.0. The normalized spacial score (nSPS) is 19.6. The first-order valence-electron chi connectivity index (χ1n) is 14.6. The number of thiophene rings is 1. The number of H-pyrrole nitrogens is 1. The third-order valence-corrected chi connectivity index (χ3v) is 9.68. The number of imidazole rings is 1. The number of hydrogen-bond acceptors (Lipinski definition) is 8. The fourth-order valence-electron chi connectivity index (χ4n) is 6.27. The van der Waals surface area contributed by atoms with E-state index in [9.17, 15) is 9.90 Å². The first-order valence-corrected chi connectivity index (χ1v) is 15.5. The smallest absolute Gasteiger partial charge is 0.265 e. The highest BCUT2D eigenvalue weighted by atomic mass is 32.1. The van der Waals surface area contributed by atoms with Gasteiger partial charge in [0.2, 0.25) is 0 Å². The second kappa shape index (κ2) is 11.1. The highest BCUT2D eigenvalue weighted by molar-refractivity contribution is 7.16. The van der Waals surface area contributed by atoms with Crippen LogP contribution in [0.25, 0.3) is 32.6 Å². The van der Waals surface area contributed by atoms with Gasteiger partial charge in [0.05, 0.1) is 42.5 Å². The number of methoxy groups -OCH3 is 1. The molecule has 3 N–H and O–H groups in total. The van der Waals surface area contributed by atoms with Crippen LogP contribution in [-0.2, 0) is 6.54 Å². The molecule has 1 saturated carbocycles. The minimum atomic E-state index is -0.449. The summed E-state index contributed by atoms with van der Waals surface area (Å²) in [5, 5.41) is 17.3. The summed E-state index contributed by atoms with van der Waals surface area (Å²) in [7, 11) is 3.80. The van der Waals surface area contributed by atoms with Crippen LogP contribution < -0.4 is 20.5 Å². The van der Waals surface area contributed by atoms with Crippen LogP contribution in [0.15, 0.2) is 58.7 Å². The summed E-state index contributed by atoms with van der Waals surface area (Å²) in [5.74, 6) is 1.32. The van der Waals surface area contributed by atoms with Gasteiger partial charge in [0, 0.05) is 37.3 Å². The number of nitrogens with one attached hydrogen (secondary N) is 2. The van der Waals surface area contributed by atoms with Crippen LogP contribution in [0.5, 0.6) is 5.75 Å². The number of benzene rings is 2. The number of piperazine rings is 1. The Morgan fingerprint density at radius 1 is 1.10 bits per heavy atom. The van der Waals surface area contributed by atoms with Gasteiger partial charge in [-0.05, 0) is 73.7 Å². The number of anilines is 2. The Kier molecular flexibility index (Phi) is 7.13. The van der Waals surface area contributed by atoms with E-state index in [0.29, 0.717) is 17.9 Å². The quantitative estimate of drug-likeness (QED) is 0.254. The van der Waals surface area contributed by atoms with Gasteiger partial charge in [0.15, 0.2) is 0 Å². The van der Waals surface area contributed by atoms with Crippen LogP contribution in [-0.4, -0.2) is 77.0 Å². The third-order valence-electron chi connectivity index (χ3n) is 8.75. The van der Waals surface area contributed by atoms with Crippen molar-refractivity contribution in [2.24, 2.45) is 0 Å². The summed E-state index contributed by atoms with van der Waals surface area (Å²) in [6.07, 6.45) is 2.12. The third kappa shape index (κ3) is 4.93. The van der Waals surface area contributed by atoms with Gasteiger partial charge in [-0.3, -0.25) is 9.36 Å². The van der Waals surface area contributed by atoms with Crippen molar-refractivity contribution in [3.05, 3.63) is 69.8 Å². The maximum Gasteiger partial charge on any atom is 0.265 e. The second-order valence-electron chi connectivity index (χ2n) is 11.5. The molecule has 0 bridgehead atoms. The van der Waals surface area contributed by atoms with E-state index in [-0.39, 0.29) is 11.6 Å². The minimum absolute atomic E-state index is 0.114. The van der Waals surface area contributed by atoms with Crippen molar-refractivity contribution in [1.82, 2.24) is 19.4 Å². The molecule has 2 atom stereocenters. The van der Waals surface area contributed by atoms with E-state index in [2.05, 4.69) is 45.3 Å². The lowest BCUT2D eigenvalue weighted by Gasteiger charge is -2.34. The van der Waals surface area contributed by atoms with Gasteiger partial charge in [-0.25, -0.2) is 4.98 Å². The maximum atomic E-state index is 14.5. The van der Waals surface area contributed by atoms with Crippen LogP contribution in [0.3, 0.4) is 0 Å². The fraction of sp³-hybridized carbons (Fsp3) is 0.375. The predicted molar refractivity (Wildman–Crippen MR) is 170 cm³/mol. The van der Waals surface area contributed by atoms with Gasteiger partial charge in [0.1, 0.15) is 22.0 Å². The molecular formula is C32H36N6O3S. The number of likely N-dealkylation sites (N-methyl/N-ethyl adjacent to an activating group) is 1. The molecule has 4 heterocycles. The summed E-state index contributed by atoms with van der Waals surface area (Å²) < 4.78 is 7.18. The molecule has 1 aliphatic carbocycles. The molecule has 5 aromatic rings. The summed E-state index contributed by atoms with van der Waals surface area (Å²) in [6, 6.07) is 16.1. The first-order chi connectivity index (χ1) is 20.5. The summed E-state index contributed by atoms with van der Waals surface area (Å²) in [5.41, 5.74) is 5.02. The van der Waals surface area contributed by atoms with Crippen LogP contribution in [0.2, 0.25) is 0 Å². The highest BCUT2D eigenvalue weighted by Crippen LogP contribution is 2.37. The Labute approximate surface area is 248 Å². The van der Waals surface area contributed by atoms with E-state index in [1.54, 1.807) is 18.4 Å². The number of rotatable bonds is 7. The Balaban J connectivity index is 1.36. The van der Waals surface area contributed by atoms with Gasteiger partial charge < -0.3 is 29.9 Å². The number of pyridine rings is 1. The largest absolute Gasteiger partial charge is 0.497 e. The van der Waals surface area contributed by atoms with Crippen molar-refractivity contribution in [2.75, 3.05) is 50.6 Å². The molecule has 218 valence electrons. The van der Waals surface area contributed by atoms with Crippen molar-refractivity contribution >= 4 is 44.0 Å². The second-order valence-corrected chi connectivity index (χ2v) is 12.3. The molecule has 0 radical (unpaired) electrons. The van der Waals surface area contributed by atoms with Crippen LogP contribution >= 0.6 is 11.3 Å². The van der Waals surface area contributed by atoms with E-state index in [1.807, 2.05) is 40.3 Å². The van der Waals surface area contributed by atoms with Gasteiger partial charge in [0.25, 0.3) is 5.56 Å². The van der Waals surface area contributed by atoms with Crippen molar-refractivity contribution in [1.29, 1.82) is 0 Å². The van der Waals surface area contributed by atoms with Gasteiger partial charge in [-0.1, -0.05) is 12.1 Å². The molecule has 10 heteroatoms. The van der Waals surface area contributed by atoms with E-state index in [0.717, 1.165) is 89.4 Å². The number of ether oxygens (including phenoxy) is 1. The van der Waals surface area contributed by atoms with Crippen LogP contribution in [0.1, 0.15) is 24.8 Å². The van der Waals surface area contributed by atoms with E-state index < -0.39 is 6.10 Å². The lowest BCUT2D eigenvalue weighted by Crippen LogP contribution is -2.44. The zero-order valence-electron chi connectivity index (χ0n) is 24.0. The zero-order valence-corrected chi connectivity index (χ0v) is 24.8. The van der Waals surface area contributed by atoms with E-state index in [4.69, 9.17) is 9.72 Å². The van der Waals surface area contributed by atoms with Gasteiger partial charge in [-0.15, -0.1) is 11.3 Å². The van der Waals surface area contributed by atoms with Crippen LogP contribution in [0.4, 0.5) is 11.4 Å². The number of aliphatic hydroxyl groups is 1. The molecule has 2 aliphatic rings. The predicted octanol–water partition coefficient (Wildman–Crippen LogP) is 4.74. The van der Waals surface area contributed by atoms with Crippen molar-refractivity contribution < 1.29 is 9.84 Å². The fourth-order valence-corrected chi connectivity index (χ4v) is 7.17. The molecule has 0 spiro atoms. The Bertz CT molecular complexity index is 1780. The molecule has 42 heavy (non-hydrogen) atoms. The summed E-state index contributed by atoms with van der Waals surface area (Å²) in [4.78, 5) is 28.6. The molecule has 2 fully saturated rings. The molecule has 7 rings (SSSR count). The number of aromatic amines is 1. The lowest BCUT2D eigenvalue weighted by atomic mass is 10.1. The molecule has 2 aromatic carbocycles. The summed E-state index contributed by atoms with van der Waals surface area (Å²) >= 11 is 1.55. The number of aliphatic hydroxyl groups excluding tert-OH is 1. The topological polar surface area (TPSA) is 98.7 Å². The number of nitrogens with zero attached hydrogens (tertiary/aromatic N) is 4. The van der Waals surface area contributed by atoms with Crippen LogP contribution in [0, 0.1) is 0 Å². The molecule has 0 unspecified atom stereocenters. The Morgan fingerprint density at radius 3 is 2.64 bits per heavy atom. The molecule has 3 aromatic heterocycles. The Hall–Kier alpha value is -3.86. The van der Waals surface area contributed by atoms with E-state index >= 15 is 0 Å². The zero-order chi connectivity index (χ0) is 28.8. The minimum Gasteiger partial charge on any atom is -0.497 e. The van der Waals surface area contributed by atoms with Crippen molar-refractivity contribution in [3.8, 4) is 17.1 Å².